The molecule has 0 unspecified atom stereocenters. The van der Waals surface area contributed by atoms with Crippen LogP contribution in [0.15, 0.2) is 179 Å². The zero-order chi connectivity index (χ0) is 36.5. The second-order valence-corrected chi connectivity index (χ2v) is 15.2. The number of nitrogens with zero attached hydrogens (tertiary/aromatic N) is 2. The van der Waals surface area contributed by atoms with E-state index in [2.05, 4.69) is 173 Å². The number of rotatable bonds is 3. The number of para-hydroxylation sites is 2. The Hall–Kier alpha value is -7.30. The summed E-state index contributed by atoms with van der Waals surface area (Å²) < 4.78 is 17.9. The van der Waals surface area contributed by atoms with Crippen LogP contribution in [-0.4, -0.2) is 9.13 Å². The number of benzene rings is 8. The summed E-state index contributed by atoms with van der Waals surface area (Å²) in [5, 5.41) is 11.8. The molecule has 4 aromatic heterocycles. The average Bonchev–Trinajstić information content (AvgIpc) is 3.99. The lowest BCUT2D eigenvalue weighted by Crippen LogP contribution is -1.98. The summed E-state index contributed by atoms with van der Waals surface area (Å²) in [4.78, 5) is 0. The molecule has 0 atom stereocenters. The number of aromatic nitrogens is 2. The van der Waals surface area contributed by atoms with Crippen molar-refractivity contribution in [2.75, 3.05) is 0 Å². The van der Waals surface area contributed by atoms with Gasteiger partial charge < -0.3 is 18.0 Å². The molecule has 12 aromatic rings. The molecule has 4 heteroatoms. The first-order chi connectivity index (χ1) is 27.7. The van der Waals surface area contributed by atoms with Gasteiger partial charge in [0.25, 0.3) is 0 Å². The molecule has 0 fully saturated rings. The van der Waals surface area contributed by atoms with Crippen LogP contribution in [-0.2, 0) is 0 Å². The van der Waals surface area contributed by atoms with E-state index in [1.165, 1.54) is 60.3 Å². The van der Waals surface area contributed by atoms with Crippen molar-refractivity contribution >= 4 is 104 Å². The molecule has 0 spiro atoms. The van der Waals surface area contributed by atoms with Crippen molar-refractivity contribution in [1.29, 1.82) is 0 Å². The van der Waals surface area contributed by atoms with Crippen LogP contribution in [0.1, 0.15) is 12.8 Å². The molecule has 0 saturated carbocycles. The van der Waals surface area contributed by atoms with Gasteiger partial charge in [-0.25, -0.2) is 0 Å². The topological polar surface area (TPSA) is 36.1 Å². The molecule has 4 heterocycles. The fourth-order valence-electron chi connectivity index (χ4n) is 9.55. The zero-order valence-electron chi connectivity index (χ0n) is 30.3. The maximum Gasteiger partial charge on any atom is 0.143 e. The van der Waals surface area contributed by atoms with E-state index in [4.69, 9.17) is 8.83 Å². The molecule has 0 N–H and O–H groups in total. The Kier molecular flexibility index (Phi) is 5.97. The van der Waals surface area contributed by atoms with Crippen molar-refractivity contribution < 1.29 is 8.83 Å². The highest BCUT2D eigenvalue weighted by atomic mass is 16.3. The molecule has 0 saturated heterocycles. The van der Waals surface area contributed by atoms with Gasteiger partial charge in [0, 0.05) is 72.0 Å². The minimum Gasteiger partial charge on any atom is -0.456 e. The minimum atomic E-state index is 0.897. The Morgan fingerprint density at radius 1 is 0.411 bits per heavy atom. The van der Waals surface area contributed by atoms with Crippen LogP contribution in [0.4, 0.5) is 0 Å². The van der Waals surface area contributed by atoms with E-state index in [1.807, 2.05) is 6.07 Å². The summed E-state index contributed by atoms with van der Waals surface area (Å²) in [7, 11) is 0. The zero-order valence-corrected chi connectivity index (χ0v) is 30.3. The van der Waals surface area contributed by atoms with E-state index in [0.29, 0.717) is 0 Å². The van der Waals surface area contributed by atoms with Gasteiger partial charge in [-0.1, -0.05) is 91.0 Å². The largest absolute Gasteiger partial charge is 0.456 e. The van der Waals surface area contributed by atoms with Gasteiger partial charge in [0.05, 0.1) is 22.1 Å². The van der Waals surface area contributed by atoms with Crippen molar-refractivity contribution in [2.45, 2.75) is 12.8 Å². The molecular weight excluding hydrogens is 685 g/mol. The van der Waals surface area contributed by atoms with E-state index in [0.717, 1.165) is 73.3 Å². The predicted octanol–water partition coefficient (Wildman–Crippen LogP) is 14.7. The maximum atomic E-state index is 6.69. The van der Waals surface area contributed by atoms with Gasteiger partial charge in [-0.3, -0.25) is 0 Å². The van der Waals surface area contributed by atoms with Gasteiger partial charge in [0.15, 0.2) is 0 Å². The lowest BCUT2D eigenvalue weighted by molar-refractivity contribution is 0.669. The Labute approximate surface area is 320 Å². The van der Waals surface area contributed by atoms with E-state index in [9.17, 15) is 0 Å². The molecule has 0 amide bonds. The monoisotopic (exact) mass is 716 g/mol. The van der Waals surface area contributed by atoms with Crippen LogP contribution in [0.5, 0.6) is 0 Å². The first-order valence-electron chi connectivity index (χ1n) is 19.4. The van der Waals surface area contributed by atoms with Gasteiger partial charge in [0.2, 0.25) is 0 Å². The summed E-state index contributed by atoms with van der Waals surface area (Å²) in [6, 6.07) is 55.1. The van der Waals surface area contributed by atoms with Crippen molar-refractivity contribution in [3.8, 4) is 16.8 Å². The Morgan fingerprint density at radius 3 is 1.82 bits per heavy atom. The Bertz CT molecular complexity index is 3700. The van der Waals surface area contributed by atoms with Crippen LogP contribution in [0.2, 0.25) is 0 Å². The Morgan fingerprint density at radius 2 is 1.05 bits per heavy atom. The van der Waals surface area contributed by atoms with Gasteiger partial charge in [-0.05, 0) is 96.1 Å². The fourth-order valence-corrected chi connectivity index (χ4v) is 9.55. The van der Waals surface area contributed by atoms with E-state index in [-0.39, 0.29) is 0 Å². The summed E-state index contributed by atoms with van der Waals surface area (Å²) in [6.07, 6.45) is 8.73. The van der Waals surface area contributed by atoms with Crippen molar-refractivity contribution in [3.05, 3.63) is 170 Å². The van der Waals surface area contributed by atoms with Crippen LogP contribution in [0.25, 0.3) is 121 Å². The second kappa shape index (κ2) is 11.1. The molecule has 262 valence electrons. The maximum absolute atomic E-state index is 6.69. The molecule has 0 aliphatic heterocycles. The smallest absolute Gasteiger partial charge is 0.143 e. The van der Waals surface area contributed by atoms with Crippen LogP contribution in [0.3, 0.4) is 0 Å². The van der Waals surface area contributed by atoms with Crippen LogP contribution < -0.4 is 0 Å². The standard InChI is InChI=1S/C52H32N2O2/c1-3-12-34(13-4-1)53-45-23-20-32(25-39(45)41-27-43-37-17-9-10-18-49(37)55-50(43)29-47(41)53)33-21-24-46-40(26-33)42-28-44-38-22-19-31-11-7-8-16-36(31)52(38)56-51(44)30-48(42)54(46)35-14-5-2-6-15-35/h1-3,5-12,14-30H,4,13H2. The molecule has 8 aromatic carbocycles. The number of hydrogen-bond acceptors (Lipinski definition) is 2. The molecular formula is C52H32N2O2. The van der Waals surface area contributed by atoms with Crippen LogP contribution in [0, 0.1) is 0 Å². The third kappa shape index (κ3) is 4.13. The summed E-state index contributed by atoms with van der Waals surface area (Å²) in [6.45, 7) is 0. The second-order valence-electron chi connectivity index (χ2n) is 15.2. The average molecular weight is 717 g/mol. The lowest BCUT2D eigenvalue weighted by Gasteiger charge is -2.14. The van der Waals surface area contributed by atoms with E-state index < -0.39 is 0 Å². The highest BCUT2D eigenvalue weighted by Gasteiger charge is 2.21. The molecule has 0 bridgehead atoms. The number of fused-ring (bicyclic) bond motifs is 14. The molecule has 4 nitrogen and oxygen atoms in total. The van der Waals surface area contributed by atoms with E-state index in [1.54, 1.807) is 0 Å². The van der Waals surface area contributed by atoms with Gasteiger partial charge >= 0.3 is 0 Å². The molecule has 1 aliphatic rings. The summed E-state index contributed by atoms with van der Waals surface area (Å²) in [5.41, 5.74) is 13.2. The number of hydrogen-bond donors (Lipinski definition) is 0. The van der Waals surface area contributed by atoms with Gasteiger partial charge in [0.1, 0.15) is 22.3 Å². The molecule has 13 rings (SSSR count). The van der Waals surface area contributed by atoms with Crippen molar-refractivity contribution in [2.24, 2.45) is 0 Å². The van der Waals surface area contributed by atoms with Gasteiger partial charge in [-0.15, -0.1) is 0 Å². The Balaban J connectivity index is 1.07. The van der Waals surface area contributed by atoms with Crippen LogP contribution >= 0.6 is 0 Å². The quantitative estimate of drug-likeness (QED) is 0.182. The number of furan rings is 2. The highest BCUT2D eigenvalue weighted by molar-refractivity contribution is 6.22. The molecule has 0 radical (unpaired) electrons. The van der Waals surface area contributed by atoms with E-state index >= 15 is 0 Å². The number of allylic oxidation sites excluding steroid dienone is 4. The predicted molar refractivity (Wildman–Crippen MR) is 234 cm³/mol. The summed E-state index contributed by atoms with van der Waals surface area (Å²) in [5.74, 6) is 0. The highest BCUT2D eigenvalue weighted by Crippen LogP contribution is 2.43. The van der Waals surface area contributed by atoms with Gasteiger partial charge in [-0.2, -0.15) is 0 Å². The SMILES string of the molecule is C1=CCCC(n2c3ccc(-c4ccc5c(c4)c4cc6c(cc4n5-c4ccccc4)oc4c5ccccc5ccc64)cc3c3cc4c(cc32)oc2ccccc24)=C1. The molecule has 56 heavy (non-hydrogen) atoms. The normalized spacial score (nSPS) is 13.6. The third-order valence-electron chi connectivity index (χ3n) is 12.1. The minimum absolute atomic E-state index is 0.897. The first kappa shape index (κ1) is 30.1. The third-order valence-corrected chi connectivity index (χ3v) is 12.1. The first-order valence-corrected chi connectivity index (χ1v) is 19.4. The van der Waals surface area contributed by atoms with Crippen molar-refractivity contribution in [3.63, 3.8) is 0 Å². The fraction of sp³-hybridized carbons (Fsp3) is 0.0385. The van der Waals surface area contributed by atoms with Crippen molar-refractivity contribution in [1.82, 2.24) is 9.13 Å². The lowest BCUT2D eigenvalue weighted by atomic mass is 9.99. The summed E-state index contributed by atoms with van der Waals surface area (Å²) >= 11 is 0. The molecule has 1 aliphatic carbocycles.